The molecule has 2 atom stereocenters. The summed E-state index contributed by atoms with van der Waals surface area (Å²) in [5.74, 6) is -2.55. The van der Waals surface area contributed by atoms with Crippen LogP contribution in [0.2, 0.25) is 0 Å². The van der Waals surface area contributed by atoms with E-state index < -0.39 is 30.6 Å². The largest absolute Gasteiger partial charge is 0.489 e. The van der Waals surface area contributed by atoms with Gasteiger partial charge in [0.15, 0.2) is 0 Å². The lowest BCUT2D eigenvalue weighted by Gasteiger charge is -2.13. The van der Waals surface area contributed by atoms with E-state index in [-0.39, 0.29) is 25.9 Å². The maximum Gasteiger partial charge on any atom is 0.320 e. The van der Waals surface area contributed by atoms with Crippen molar-refractivity contribution in [3.8, 4) is 5.75 Å². The Bertz CT molecular complexity index is 495. The predicted molar refractivity (Wildman–Crippen MR) is 75.4 cm³/mol. The molecule has 0 radical (unpaired) electrons. The van der Waals surface area contributed by atoms with E-state index in [1.165, 1.54) is 6.20 Å². The number of carboxylic acid groups (broad SMARTS) is 2. The van der Waals surface area contributed by atoms with Crippen LogP contribution in [-0.4, -0.2) is 46.5 Å². The number of ether oxygens (including phenoxy) is 1. The van der Waals surface area contributed by atoms with E-state index in [2.05, 4.69) is 4.98 Å². The van der Waals surface area contributed by atoms with Gasteiger partial charge in [-0.25, -0.2) is 4.39 Å². The van der Waals surface area contributed by atoms with Gasteiger partial charge in [-0.05, 0) is 25.0 Å². The number of hydrogen-bond acceptors (Lipinski definition) is 5. The van der Waals surface area contributed by atoms with Gasteiger partial charge in [0.05, 0.1) is 12.1 Å². The second-order valence-electron chi connectivity index (χ2n) is 4.78. The van der Waals surface area contributed by atoms with Crippen LogP contribution in [0, 0.1) is 5.92 Å². The molecular formula is C14H19FN2O5. The normalized spacial score (nSPS) is 13.4. The maximum atomic E-state index is 12.0. The molecule has 1 unspecified atom stereocenters. The third kappa shape index (κ3) is 6.04. The van der Waals surface area contributed by atoms with Crippen molar-refractivity contribution >= 4 is 11.9 Å². The molecule has 7 nitrogen and oxygen atoms in total. The van der Waals surface area contributed by atoms with Crippen molar-refractivity contribution in [2.75, 3.05) is 13.3 Å². The molecule has 4 N–H and O–H groups in total. The first-order valence-electron chi connectivity index (χ1n) is 6.79. The van der Waals surface area contributed by atoms with Crippen molar-refractivity contribution in [2.24, 2.45) is 11.7 Å². The van der Waals surface area contributed by atoms with Gasteiger partial charge in [0.25, 0.3) is 0 Å². The summed E-state index contributed by atoms with van der Waals surface area (Å²) >= 11 is 0. The van der Waals surface area contributed by atoms with Gasteiger partial charge in [-0.15, -0.1) is 0 Å². The highest BCUT2D eigenvalue weighted by Crippen LogP contribution is 2.16. The lowest BCUT2D eigenvalue weighted by molar-refractivity contribution is -0.143. The molecule has 0 bridgehead atoms. The number of carbonyl (C=O) groups is 2. The average Bonchev–Trinajstić information content (AvgIpc) is 2.49. The van der Waals surface area contributed by atoms with Gasteiger partial charge < -0.3 is 20.7 Å². The lowest BCUT2D eigenvalue weighted by atomic mass is 9.95. The molecule has 0 saturated heterocycles. The van der Waals surface area contributed by atoms with E-state index in [1.54, 1.807) is 12.1 Å². The summed E-state index contributed by atoms with van der Waals surface area (Å²) in [6.07, 6.45) is 1.77. The SMILES string of the molecule is N[C@@H](CCC(Cc1ccc(OCCF)cn1)C(=O)O)C(=O)O. The first-order chi connectivity index (χ1) is 10.4. The quantitative estimate of drug-likeness (QED) is 0.585. The summed E-state index contributed by atoms with van der Waals surface area (Å²) in [6.45, 7) is -0.668. The van der Waals surface area contributed by atoms with Gasteiger partial charge in [-0.2, -0.15) is 0 Å². The van der Waals surface area contributed by atoms with Gasteiger partial charge in [0, 0.05) is 12.1 Å². The number of alkyl halides is 1. The van der Waals surface area contributed by atoms with Crippen LogP contribution in [0.1, 0.15) is 18.5 Å². The minimum absolute atomic E-state index is 0.0636. The smallest absolute Gasteiger partial charge is 0.320 e. The number of nitrogens with two attached hydrogens (primary N) is 1. The molecule has 22 heavy (non-hydrogen) atoms. The molecule has 1 aromatic heterocycles. The monoisotopic (exact) mass is 314 g/mol. The summed E-state index contributed by atoms with van der Waals surface area (Å²) in [5, 5.41) is 17.9. The predicted octanol–water partition coefficient (Wildman–Crippen LogP) is 0.865. The minimum Gasteiger partial charge on any atom is -0.489 e. The van der Waals surface area contributed by atoms with Gasteiger partial charge in [0.1, 0.15) is 25.1 Å². The first kappa shape index (κ1) is 17.8. The Morgan fingerprint density at radius 2 is 2.00 bits per heavy atom. The Kier molecular flexibility index (Phi) is 7.24. The van der Waals surface area contributed by atoms with Crippen molar-refractivity contribution in [2.45, 2.75) is 25.3 Å². The number of carboxylic acids is 2. The number of nitrogens with zero attached hydrogens (tertiary/aromatic N) is 1. The number of halogens is 1. The van der Waals surface area contributed by atoms with Crippen LogP contribution in [-0.2, 0) is 16.0 Å². The van der Waals surface area contributed by atoms with Crippen molar-refractivity contribution in [3.05, 3.63) is 24.0 Å². The zero-order chi connectivity index (χ0) is 16.5. The molecular weight excluding hydrogens is 295 g/mol. The zero-order valence-electron chi connectivity index (χ0n) is 11.9. The van der Waals surface area contributed by atoms with E-state index in [0.29, 0.717) is 11.4 Å². The van der Waals surface area contributed by atoms with Crippen LogP contribution in [0.25, 0.3) is 0 Å². The lowest BCUT2D eigenvalue weighted by Crippen LogP contribution is -2.31. The van der Waals surface area contributed by atoms with Crippen LogP contribution in [0.4, 0.5) is 4.39 Å². The Hall–Kier alpha value is -2.22. The third-order valence-electron chi connectivity index (χ3n) is 3.09. The van der Waals surface area contributed by atoms with E-state index in [9.17, 15) is 19.1 Å². The van der Waals surface area contributed by atoms with Crippen molar-refractivity contribution in [1.29, 1.82) is 0 Å². The minimum atomic E-state index is -1.16. The van der Waals surface area contributed by atoms with Crippen LogP contribution in [0.15, 0.2) is 18.3 Å². The Morgan fingerprint density at radius 1 is 1.27 bits per heavy atom. The highest BCUT2D eigenvalue weighted by molar-refractivity contribution is 5.73. The van der Waals surface area contributed by atoms with E-state index >= 15 is 0 Å². The van der Waals surface area contributed by atoms with Gasteiger partial charge in [-0.1, -0.05) is 0 Å². The summed E-state index contributed by atoms with van der Waals surface area (Å²) in [7, 11) is 0. The summed E-state index contributed by atoms with van der Waals surface area (Å²) in [5.41, 5.74) is 5.90. The second kappa shape index (κ2) is 8.93. The van der Waals surface area contributed by atoms with Crippen molar-refractivity contribution in [1.82, 2.24) is 4.98 Å². The van der Waals surface area contributed by atoms with Crippen molar-refractivity contribution in [3.63, 3.8) is 0 Å². The fourth-order valence-corrected chi connectivity index (χ4v) is 1.84. The Balaban J connectivity index is 2.59. The summed E-state index contributed by atoms with van der Waals surface area (Å²) < 4.78 is 17.0. The molecule has 0 saturated carbocycles. The van der Waals surface area contributed by atoms with E-state index in [4.69, 9.17) is 15.6 Å². The average molecular weight is 314 g/mol. The van der Waals surface area contributed by atoms with Crippen LogP contribution >= 0.6 is 0 Å². The molecule has 0 amide bonds. The third-order valence-corrected chi connectivity index (χ3v) is 3.09. The highest BCUT2D eigenvalue weighted by atomic mass is 19.1. The molecule has 0 spiro atoms. The Morgan fingerprint density at radius 3 is 2.50 bits per heavy atom. The molecule has 122 valence electrons. The van der Waals surface area contributed by atoms with Gasteiger partial charge in [0.2, 0.25) is 0 Å². The number of aromatic nitrogens is 1. The maximum absolute atomic E-state index is 12.0. The molecule has 8 heteroatoms. The fourth-order valence-electron chi connectivity index (χ4n) is 1.84. The number of hydrogen-bond donors (Lipinski definition) is 3. The molecule has 1 rings (SSSR count). The summed E-state index contributed by atoms with van der Waals surface area (Å²) in [4.78, 5) is 25.9. The number of rotatable bonds is 10. The van der Waals surface area contributed by atoms with E-state index in [0.717, 1.165) is 0 Å². The summed E-state index contributed by atoms with van der Waals surface area (Å²) in [6, 6.07) is 2.10. The molecule has 1 aromatic rings. The topological polar surface area (TPSA) is 123 Å². The number of aliphatic carboxylic acids is 2. The van der Waals surface area contributed by atoms with Gasteiger partial charge >= 0.3 is 11.9 Å². The van der Waals surface area contributed by atoms with Crippen LogP contribution in [0.3, 0.4) is 0 Å². The molecule has 0 aliphatic rings. The standard InChI is InChI=1S/C14H19FN2O5/c15-5-6-22-11-3-2-10(17-8-11)7-9(13(18)19)1-4-12(16)14(20)21/h2-3,8-9,12H,1,4-7,16H2,(H,18,19)(H,20,21)/t9?,12-/m0/s1. The highest BCUT2D eigenvalue weighted by Gasteiger charge is 2.21. The first-order valence-corrected chi connectivity index (χ1v) is 6.79. The Labute approximate surface area is 126 Å². The fraction of sp³-hybridized carbons (Fsp3) is 0.500. The second-order valence-corrected chi connectivity index (χ2v) is 4.78. The molecule has 1 heterocycles. The van der Waals surface area contributed by atoms with Crippen LogP contribution in [0.5, 0.6) is 5.75 Å². The van der Waals surface area contributed by atoms with E-state index in [1.807, 2.05) is 0 Å². The molecule has 0 fully saturated rings. The van der Waals surface area contributed by atoms with Crippen LogP contribution < -0.4 is 10.5 Å². The number of pyridine rings is 1. The van der Waals surface area contributed by atoms with Crippen molar-refractivity contribution < 1.29 is 28.9 Å². The van der Waals surface area contributed by atoms with Gasteiger partial charge in [-0.3, -0.25) is 14.6 Å². The zero-order valence-corrected chi connectivity index (χ0v) is 11.9. The molecule has 0 aliphatic carbocycles. The molecule has 0 aliphatic heterocycles. The molecule has 0 aromatic carbocycles.